The molecule has 0 aromatic heterocycles. The van der Waals surface area contributed by atoms with Crippen LogP contribution in [0.25, 0.3) is 0 Å². The molecule has 4 fully saturated rings. The van der Waals surface area contributed by atoms with Crippen LogP contribution < -0.4 is 0 Å². The van der Waals surface area contributed by atoms with Gasteiger partial charge in [0.15, 0.2) is 0 Å². The molecule has 2 nitrogen and oxygen atoms in total. The lowest BCUT2D eigenvalue weighted by atomic mass is 9.46. The van der Waals surface area contributed by atoms with Gasteiger partial charge in [0.25, 0.3) is 0 Å². The van der Waals surface area contributed by atoms with Crippen molar-refractivity contribution in [2.45, 2.75) is 63.6 Å². The highest BCUT2D eigenvalue weighted by molar-refractivity contribution is 5.10. The molecule has 3 atom stereocenters. The topological polar surface area (TPSA) is 40.5 Å². The van der Waals surface area contributed by atoms with E-state index in [1.54, 1.807) is 0 Å². The molecule has 0 radical (unpaired) electrons. The van der Waals surface area contributed by atoms with Gasteiger partial charge in [-0.2, -0.15) is 0 Å². The van der Waals surface area contributed by atoms with Gasteiger partial charge in [-0.1, -0.05) is 6.92 Å². The summed E-state index contributed by atoms with van der Waals surface area (Å²) in [6.07, 6.45) is 7.16. The van der Waals surface area contributed by atoms with E-state index in [9.17, 15) is 10.2 Å². The molecule has 0 aromatic rings. The summed E-state index contributed by atoms with van der Waals surface area (Å²) in [7, 11) is 0. The molecule has 0 spiro atoms. The Hall–Kier alpha value is -0.0800. The first-order valence-corrected chi connectivity index (χ1v) is 6.46. The first-order chi connectivity index (χ1) is 7.05. The molecule has 0 amide bonds. The van der Waals surface area contributed by atoms with Crippen molar-refractivity contribution in [2.75, 3.05) is 0 Å². The Bertz CT molecular complexity index is 260. The van der Waals surface area contributed by atoms with Crippen molar-refractivity contribution in [3.8, 4) is 0 Å². The highest BCUT2D eigenvalue weighted by Crippen LogP contribution is 2.63. The van der Waals surface area contributed by atoms with Crippen LogP contribution in [0.3, 0.4) is 0 Å². The van der Waals surface area contributed by atoms with Crippen molar-refractivity contribution in [2.24, 2.45) is 17.3 Å². The molecule has 4 aliphatic rings. The fourth-order valence-corrected chi connectivity index (χ4v) is 5.11. The number of rotatable bonds is 2. The van der Waals surface area contributed by atoms with Crippen LogP contribution in [0.4, 0.5) is 0 Å². The molecule has 2 heteroatoms. The summed E-state index contributed by atoms with van der Waals surface area (Å²) in [5, 5.41) is 20.7. The van der Waals surface area contributed by atoms with Crippen LogP contribution in [0, 0.1) is 17.3 Å². The van der Waals surface area contributed by atoms with Crippen LogP contribution in [-0.2, 0) is 0 Å². The maximum atomic E-state index is 10.5. The predicted molar refractivity (Wildman–Crippen MR) is 58.4 cm³/mol. The number of hydrogen-bond acceptors (Lipinski definition) is 2. The van der Waals surface area contributed by atoms with E-state index in [4.69, 9.17) is 0 Å². The van der Waals surface area contributed by atoms with E-state index in [2.05, 4.69) is 6.92 Å². The Morgan fingerprint density at radius 3 is 2.27 bits per heavy atom. The van der Waals surface area contributed by atoms with E-state index in [0.29, 0.717) is 11.8 Å². The summed E-state index contributed by atoms with van der Waals surface area (Å²) in [5.41, 5.74) is -0.339. The maximum absolute atomic E-state index is 10.5. The van der Waals surface area contributed by atoms with Gasteiger partial charge in [-0.15, -0.1) is 0 Å². The maximum Gasteiger partial charge on any atom is 0.0659 e. The third kappa shape index (κ3) is 1.38. The van der Waals surface area contributed by atoms with Crippen LogP contribution in [0.5, 0.6) is 0 Å². The Kier molecular flexibility index (Phi) is 2.01. The average molecular weight is 210 g/mol. The second kappa shape index (κ2) is 2.98. The van der Waals surface area contributed by atoms with Gasteiger partial charge in [0.1, 0.15) is 0 Å². The summed E-state index contributed by atoms with van der Waals surface area (Å²) in [4.78, 5) is 0. The van der Waals surface area contributed by atoms with Gasteiger partial charge in [-0.25, -0.2) is 0 Å². The molecule has 4 aliphatic carbocycles. The van der Waals surface area contributed by atoms with E-state index in [-0.39, 0.29) is 11.5 Å². The summed E-state index contributed by atoms with van der Waals surface area (Å²) >= 11 is 0. The SMILES string of the molecule is CCC(O)C12CC3CC(CC(O)(C3)C1)C2. The van der Waals surface area contributed by atoms with Gasteiger partial charge < -0.3 is 10.2 Å². The van der Waals surface area contributed by atoms with E-state index in [1.165, 1.54) is 19.3 Å². The summed E-state index contributed by atoms with van der Waals surface area (Å²) < 4.78 is 0. The van der Waals surface area contributed by atoms with Gasteiger partial charge in [0.05, 0.1) is 11.7 Å². The molecule has 0 heterocycles. The second-order valence-corrected chi connectivity index (χ2v) is 6.47. The van der Waals surface area contributed by atoms with Gasteiger partial charge in [0, 0.05) is 0 Å². The van der Waals surface area contributed by atoms with Crippen LogP contribution in [-0.4, -0.2) is 21.9 Å². The molecule has 3 unspecified atom stereocenters. The first-order valence-electron chi connectivity index (χ1n) is 6.46. The molecular weight excluding hydrogens is 188 g/mol. The fourth-order valence-electron chi connectivity index (χ4n) is 5.11. The minimum Gasteiger partial charge on any atom is -0.393 e. The van der Waals surface area contributed by atoms with Crippen molar-refractivity contribution >= 4 is 0 Å². The Labute approximate surface area is 91.7 Å². The zero-order valence-corrected chi connectivity index (χ0v) is 9.58. The van der Waals surface area contributed by atoms with E-state index < -0.39 is 5.60 Å². The normalized spacial score (nSPS) is 54.6. The van der Waals surface area contributed by atoms with E-state index in [1.807, 2.05) is 0 Å². The molecular formula is C13H22O2. The lowest BCUT2D eigenvalue weighted by molar-refractivity contribution is -0.195. The standard InChI is InChI=1S/C13H22O2/c1-2-11(14)12-4-9-3-10(5-12)7-13(15,6-9)8-12/h9-11,14-15H,2-8H2,1H3. The van der Waals surface area contributed by atoms with Crippen LogP contribution >= 0.6 is 0 Å². The van der Waals surface area contributed by atoms with Crippen molar-refractivity contribution in [1.29, 1.82) is 0 Å². The number of aliphatic hydroxyl groups is 2. The largest absolute Gasteiger partial charge is 0.393 e. The average Bonchev–Trinajstić information content (AvgIpc) is 2.12. The Morgan fingerprint density at radius 1 is 1.20 bits per heavy atom. The fraction of sp³-hybridized carbons (Fsp3) is 1.00. The molecule has 0 saturated heterocycles. The Balaban J connectivity index is 1.92. The van der Waals surface area contributed by atoms with Crippen molar-refractivity contribution in [1.82, 2.24) is 0 Å². The zero-order chi connectivity index (χ0) is 10.7. The third-order valence-electron chi connectivity index (χ3n) is 5.17. The highest BCUT2D eigenvalue weighted by Gasteiger charge is 2.59. The molecule has 0 aromatic carbocycles. The minimum absolute atomic E-state index is 0.0770. The van der Waals surface area contributed by atoms with Crippen LogP contribution in [0.2, 0.25) is 0 Å². The monoisotopic (exact) mass is 210 g/mol. The molecule has 4 rings (SSSR count). The molecule has 4 saturated carbocycles. The zero-order valence-electron chi connectivity index (χ0n) is 9.58. The van der Waals surface area contributed by atoms with Crippen molar-refractivity contribution in [3.63, 3.8) is 0 Å². The molecule has 2 N–H and O–H groups in total. The summed E-state index contributed by atoms with van der Waals surface area (Å²) in [6, 6.07) is 0. The number of hydrogen-bond donors (Lipinski definition) is 2. The van der Waals surface area contributed by atoms with Gasteiger partial charge in [-0.05, 0) is 62.2 Å². The quantitative estimate of drug-likeness (QED) is 0.732. The third-order valence-corrected chi connectivity index (χ3v) is 5.17. The lowest BCUT2D eigenvalue weighted by Gasteiger charge is -2.61. The molecule has 86 valence electrons. The molecule has 0 aliphatic heterocycles. The van der Waals surface area contributed by atoms with Crippen LogP contribution in [0.1, 0.15) is 51.9 Å². The van der Waals surface area contributed by atoms with Gasteiger partial charge >= 0.3 is 0 Å². The van der Waals surface area contributed by atoms with E-state index in [0.717, 1.165) is 25.7 Å². The summed E-state index contributed by atoms with van der Waals surface area (Å²) in [6.45, 7) is 2.06. The van der Waals surface area contributed by atoms with E-state index >= 15 is 0 Å². The highest BCUT2D eigenvalue weighted by atomic mass is 16.3. The second-order valence-electron chi connectivity index (χ2n) is 6.47. The van der Waals surface area contributed by atoms with Crippen molar-refractivity contribution in [3.05, 3.63) is 0 Å². The first kappa shape index (κ1) is 10.1. The van der Waals surface area contributed by atoms with Gasteiger partial charge in [0.2, 0.25) is 0 Å². The molecule has 4 bridgehead atoms. The smallest absolute Gasteiger partial charge is 0.0659 e. The predicted octanol–water partition coefficient (Wildman–Crippen LogP) is 2.09. The van der Waals surface area contributed by atoms with Crippen LogP contribution in [0.15, 0.2) is 0 Å². The lowest BCUT2D eigenvalue weighted by Crippen LogP contribution is -2.59. The number of aliphatic hydroxyl groups excluding tert-OH is 1. The molecule has 15 heavy (non-hydrogen) atoms. The minimum atomic E-state index is -0.416. The van der Waals surface area contributed by atoms with Crippen molar-refractivity contribution < 1.29 is 10.2 Å². The summed E-state index contributed by atoms with van der Waals surface area (Å²) in [5.74, 6) is 1.38. The Morgan fingerprint density at radius 2 is 1.80 bits per heavy atom. The van der Waals surface area contributed by atoms with Gasteiger partial charge in [-0.3, -0.25) is 0 Å².